The zero-order valence-electron chi connectivity index (χ0n) is 18.6. The van der Waals surface area contributed by atoms with Crippen LogP contribution in [0.5, 0.6) is 0 Å². The molecule has 2 heterocycles. The lowest BCUT2D eigenvalue weighted by molar-refractivity contribution is -0.384. The Kier molecular flexibility index (Phi) is 6.52. The third-order valence-electron chi connectivity index (χ3n) is 5.34. The molecule has 1 aliphatic rings. The summed E-state index contributed by atoms with van der Waals surface area (Å²) in [5.41, 5.74) is 2.92. The van der Waals surface area contributed by atoms with Crippen molar-refractivity contribution in [2.75, 3.05) is 11.9 Å². The van der Waals surface area contributed by atoms with E-state index in [1.54, 1.807) is 31.2 Å². The van der Waals surface area contributed by atoms with Gasteiger partial charge in [0, 0.05) is 29.2 Å². The fourth-order valence-corrected chi connectivity index (χ4v) is 4.59. The molecule has 1 N–H and O–H groups in total. The largest absolute Gasteiger partial charge is 0.324 e. The third kappa shape index (κ3) is 4.99. The van der Waals surface area contributed by atoms with Crippen LogP contribution >= 0.6 is 11.8 Å². The number of anilines is 1. The zero-order valence-corrected chi connectivity index (χ0v) is 19.5. The SMILES string of the molecule is Cc1cc(/C=C2/SC(=O)N(CC(=O)Nc3cccc(F)c3)C2=O)c(C)n1-c1cccc([N+](=O)[O-])c1. The zero-order chi connectivity index (χ0) is 25.3. The first-order valence-electron chi connectivity index (χ1n) is 10.4. The van der Waals surface area contributed by atoms with Crippen LogP contribution in [0.25, 0.3) is 11.8 Å². The molecule has 11 heteroatoms. The van der Waals surface area contributed by atoms with Crippen LogP contribution < -0.4 is 5.32 Å². The first-order chi connectivity index (χ1) is 16.6. The van der Waals surface area contributed by atoms with E-state index in [1.165, 1.54) is 30.3 Å². The fraction of sp³-hybridized carbons (Fsp3) is 0.125. The van der Waals surface area contributed by atoms with Gasteiger partial charge in [-0.1, -0.05) is 12.1 Å². The van der Waals surface area contributed by atoms with E-state index in [4.69, 9.17) is 0 Å². The molecule has 1 fully saturated rings. The Balaban J connectivity index is 1.55. The van der Waals surface area contributed by atoms with Crippen LogP contribution in [0.4, 0.5) is 20.6 Å². The molecule has 3 aromatic rings. The molecular formula is C24H19FN4O5S. The number of rotatable bonds is 6. The normalized spacial score (nSPS) is 14.6. The summed E-state index contributed by atoms with van der Waals surface area (Å²) in [5.74, 6) is -1.78. The first-order valence-corrected chi connectivity index (χ1v) is 11.2. The Morgan fingerprint density at radius 3 is 2.60 bits per heavy atom. The predicted molar refractivity (Wildman–Crippen MR) is 130 cm³/mol. The van der Waals surface area contributed by atoms with Crippen molar-refractivity contribution in [2.24, 2.45) is 0 Å². The second-order valence-corrected chi connectivity index (χ2v) is 8.76. The smallest absolute Gasteiger partial charge is 0.294 e. The maximum absolute atomic E-state index is 13.3. The highest BCUT2D eigenvalue weighted by molar-refractivity contribution is 8.18. The molecule has 0 unspecified atom stereocenters. The van der Waals surface area contributed by atoms with Gasteiger partial charge in [-0.25, -0.2) is 4.39 Å². The number of carbonyl (C=O) groups is 3. The molecule has 1 aromatic heterocycles. The Hall–Kier alpha value is -4.25. The van der Waals surface area contributed by atoms with Crippen molar-refractivity contribution in [1.29, 1.82) is 0 Å². The number of thioether (sulfide) groups is 1. The summed E-state index contributed by atoms with van der Waals surface area (Å²) in [5, 5.41) is 13.0. The van der Waals surface area contributed by atoms with Crippen LogP contribution in [0.2, 0.25) is 0 Å². The number of aryl methyl sites for hydroxylation is 1. The molecule has 0 atom stereocenters. The van der Waals surface area contributed by atoms with Gasteiger partial charge in [0.2, 0.25) is 5.91 Å². The number of nitrogens with zero attached hydrogens (tertiary/aromatic N) is 3. The Labute approximate surface area is 203 Å². The Bertz CT molecular complexity index is 1410. The highest BCUT2D eigenvalue weighted by Gasteiger charge is 2.36. The van der Waals surface area contributed by atoms with E-state index >= 15 is 0 Å². The summed E-state index contributed by atoms with van der Waals surface area (Å²) in [6.45, 7) is 3.12. The topological polar surface area (TPSA) is 115 Å². The fourth-order valence-electron chi connectivity index (χ4n) is 3.76. The van der Waals surface area contributed by atoms with Gasteiger partial charge in [-0.3, -0.25) is 29.4 Å². The summed E-state index contributed by atoms with van der Waals surface area (Å²) >= 11 is 0.713. The highest BCUT2D eigenvalue weighted by Crippen LogP contribution is 2.34. The van der Waals surface area contributed by atoms with Crippen molar-refractivity contribution in [2.45, 2.75) is 13.8 Å². The molecule has 0 spiro atoms. The summed E-state index contributed by atoms with van der Waals surface area (Å²) in [6.07, 6.45) is 1.56. The van der Waals surface area contributed by atoms with Gasteiger partial charge in [0.25, 0.3) is 16.8 Å². The number of aromatic nitrogens is 1. The molecule has 1 aliphatic heterocycles. The summed E-state index contributed by atoms with van der Waals surface area (Å²) < 4.78 is 15.1. The van der Waals surface area contributed by atoms with Gasteiger partial charge in [0.05, 0.1) is 15.5 Å². The first kappa shape index (κ1) is 23.9. The van der Waals surface area contributed by atoms with Gasteiger partial charge in [-0.2, -0.15) is 0 Å². The number of hydrogen-bond donors (Lipinski definition) is 1. The van der Waals surface area contributed by atoms with Crippen molar-refractivity contribution >= 4 is 46.3 Å². The molecule has 0 aliphatic carbocycles. The number of imide groups is 1. The molecule has 3 amide bonds. The number of benzene rings is 2. The quantitative estimate of drug-likeness (QED) is 0.299. The van der Waals surface area contributed by atoms with Crippen LogP contribution in [0, 0.1) is 29.8 Å². The van der Waals surface area contributed by atoms with Gasteiger partial charge in [0.1, 0.15) is 12.4 Å². The van der Waals surface area contributed by atoms with Crippen LogP contribution in [0.1, 0.15) is 17.0 Å². The van der Waals surface area contributed by atoms with Crippen LogP contribution in [-0.2, 0) is 9.59 Å². The van der Waals surface area contributed by atoms with Crippen molar-refractivity contribution in [3.8, 4) is 5.69 Å². The van der Waals surface area contributed by atoms with Crippen LogP contribution in [-0.4, -0.2) is 38.0 Å². The van der Waals surface area contributed by atoms with Gasteiger partial charge in [0.15, 0.2) is 0 Å². The summed E-state index contributed by atoms with van der Waals surface area (Å²) in [6, 6.07) is 13.3. The molecular weight excluding hydrogens is 475 g/mol. The maximum atomic E-state index is 13.3. The molecule has 35 heavy (non-hydrogen) atoms. The molecule has 4 rings (SSSR count). The predicted octanol–water partition coefficient (Wildman–Crippen LogP) is 4.82. The Morgan fingerprint density at radius 2 is 1.89 bits per heavy atom. The van der Waals surface area contributed by atoms with Gasteiger partial charge >= 0.3 is 0 Å². The van der Waals surface area contributed by atoms with Crippen LogP contribution in [0.3, 0.4) is 0 Å². The standard InChI is InChI=1S/C24H19FN4O5S/c1-14-9-16(15(2)28(14)19-7-4-8-20(12-19)29(33)34)10-21-23(31)27(24(32)35-21)13-22(30)26-18-6-3-5-17(25)11-18/h3-12H,13H2,1-2H3,(H,26,30)/b21-10+. The molecule has 1 saturated heterocycles. The average Bonchev–Trinajstić information content (AvgIpc) is 3.23. The number of nitro groups is 1. The number of non-ortho nitro benzene ring substituents is 1. The van der Waals surface area contributed by atoms with Crippen molar-refractivity contribution in [1.82, 2.24) is 9.47 Å². The van der Waals surface area contributed by atoms with E-state index < -0.39 is 34.3 Å². The minimum absolute atomic E-state index is 0.0470. The lowest BCUT2D eigenvalue weighted by atomic mass is 10.2. The van der Waals surface area contributed by atoms with E-state index in [2.05, 4.69) is 5.32 Å². The summed E-state index contributed by atoms with van der Waals surface area (Å²) in [4.78, 5) is 49.2. The molecule has 2 aromatic carbocycles. The molecule has 0 bridgehead atoms. The molecule has 9 nitrogen and oxygen atoms in total. The lowest BCUT2D eigenvalue weighted by Crippen LogP contribution is -2.36. The van der Waals surface area contributed by atoms with E-state index in [-0.39, 0.29) is 16.3 Å². The third-order valence-corrected chi connectivity index (χ3v) is 6.25. The number of nitro benzene ring substituents is 1. The maximum Gasteiger partial charge on any atom is 0.294 e. The summed E-state index contributed by atoms with van der Waals surface area (Å²) in [7, 11) is 0. The van der Waals surface area contributed by atoms with E-state index in [0.29, 0.717) is 23.0 Å². The Morgan fingerprint density at radius 1 is 1.14 bits per heavy atom. The number of hydrogen-bond acceptors (Lipinski definition) is 6. The highest BCUT2D eigenvalue weighted by atomic mass is 32.2. The van der Waals surface area contributed by atoms with Crippen molar-refractivity contribution < 1.29 is 23.7 Å². The van der Waals surface area contributed by atoms with E-state index in [1.807, 2.05) is 11.5 Å². The number of halogens is 1. The second-order valence-electron chi connectivity index (χ2n) is 7.77. The van der Waals surface area contributed by atoms with Gasteiger partial charge in [-0.05, 0) is 67.6 Å². The minimum atomic E-state index is -0.636. The molecule has 178 valence electrons. The number of nitrogens with one attached hydrogen (secondary N) is 1. The molecule has 0 saturated carbocycles. The van der Waals surface area contributed by atoms with Gasteiger partial charge < -0.3 is 9.88 Å². The van der Waals surface area contributed by atoms with Crippen LogP contribution in [0.15, 0.2) is 59.5 Å². The number of amides is 3. The number of carbonyl (C=O) groups excluding carboxylic acids is 3. The van der Waals surface area contributed by atoms with E-state index in [9.17, 15) is 28.9 Å². The van der Waals surface area contributed by atoms with Crippen molar-refractivity contribution in [3.63, 3.8) is 0 Å². The monoisotopic (exact) mass is 494 g/mol. The minimum Gasteiger partial charge on any atom is -0.324 e. The lowest BCUT2D eigenvalue weighted by Gasteiger charge is -2.12. The molecule has 0 radical (unpaired) electrons. The van der Waals surface area contributed by atoms with Gasteiger partial charge in [-0.15, -0.1) is 0 Å². The van der Waals surface area contributed by atoms with Crippen molar-refractivity contribution in [3.05, 3.63) is 92.4 Å². The second kappa shape index (κ2) is 9.55. The average molecular weight is 495 g/mol. The van der Waals surface area contributed by atoms with E-state index in [0.717, 1.165) is 22.4 Å².